The SMILES string of the molecule is C=CS(=O)(=O)c1cccc(NC(=O)c2ccc(N)cc2)c1. The molecule has 0 saturated carbocycles. The highest BCUT2D eigenvalue weighted by Crippen LogP contribution is 2.18. The Morgan fingerprint density at radius 3 is 2.43 bits per heavy atom. The molecule has 0 spiro atoms. The lowest BCUT2D eigenvalue weighted by atomic mass is 10.2. The Hall–Kier alpha value is -2.60. The molecule has 5 nitrogen and oxygen atoms in total. The number of nitrogen functional groups attached to an aromatic ring is 1. The molecule has 3 N–H and O–H groups in total. The number of amides is 1. The van der Waals surface area contributed by atoms with E-state index in [1.54, 1.807) is 36.4 Å². The van der Waals surface area contributed by atoms with Gasteiger partial charge in [0.05, 0.1) is 4.90 Å². The fourth-order valence-electron chi connectivity index (χ4n) is 1.68. The number of benzene rings is 2. The van der Waals surface area contributed by atoms with Gasteiger partial charge in [0.1, 0.15) is 0 Å². The molecule has 6 heteroatoms. The van der Waals surface area contributed by atoms with Crippen molar-refractivity contribution in [1.29, 1.82) is 0 Å². The average molecular weight is 302 g/mol. The van der Waals surface area contributed by atoms with Gasteiger partial charge in [-0.3, -0.25) is 4.79 Å². The second-order valence-electron chi connectivity index (χ2n) is 4.32. The number of hydrogen-bond acceptors (Lipinski definition) is 4. The molecule has 0 atom stereocenters. The number of hydrogen-bond donors (Lipinski definition) is 2. The Kier molecular flexibility index (Phi) is 4.09. The fourth-order valence-corrected chi connectivity index (χ4v) is 2.44. The topological polar surface area (TPSA) is 89.3 Å². The van der Waals surface area contributed by atoms with Crippen LogP contribution in [0, 0.1) is 0 Å². The Labute approximate surface area is 123 Å². The average Bonchev–Trinajstić information content (AvgIpc) is 2.48. The maximum atomic E-state index is 12.0. The summed E-state index contributed by atoms with van der Waals surface area (Å²) in [5.74, 6) is -0.344. The second-order valence-corrected chi connectivity index (χ2v) is 6.21. The van der Waals surface area contributed by atoms with Crippen molar-refractivity contribution < 1.29 is 13.2 Å². The quantitative estimate of drug-likeness (QED) is 0.849. The minimum Gasteiger partial charge on any atom is -0.399 e. The first kappa shape index (κ1) is 14.8. The summed E-state index contributed by atoms with van der Waals surface area (Å²) in [5, 5.41) is 3.50. The molecule has 0 aliphatic carbocycles. The molecule has 2 aromatic carbocycles. The van der Waals surface area contributed by atoms with E-state index in [4.69, 9.17) is 5.73 Å². The zero-order chi connectivity index (χ0) is 15.5. The molecule has 0 aliphatic rings. The summed E-state index contributed by atoms with van der Waals surface area (Å²) in [6, 6.07) is 12.4. The molecule has 0 aromatic heterocycles. The van der Waals surface area contributed by atoms with Crippen molar-refractivity contribution in [3.8, 4) is 0 Å². The van der Waals surface area contributed by atoms with Crippen LogP contribution >= 0.6 is 0 Å². The van der Waals surface area contributed by atoms with Crippen molar-refractivity contribution in [2.75, 3.05) is 11.1 Å². The molecular formula is C15H14N2O3S. The zero-order valence-corrected chi connectivity index (χ0v) is 11.9. The standard InChI is InChI=1S/C15H14N2O3S/c1-2-21(19,20)14-5-3-4-13(10-14)17-15(18)11-6-8-12(16)9-7-11/h2-10H,1,16H2,(H,17,18). The normalized spacial score (nSPS) is 10.9. The lowest BCUT2D eigenvalue weighted by Crippen LogP contribution is -2.12. The van der Waals surface area contributed by atoms with E-state index in [0.29, 0.717) is 16.9 Å². The number of anilines is 2. The van der Waals surface area contributed by atoms with E-state index in [-0.39, 0.29) is 10.8 Å². The van der Waals surface area contributed by atoms with Crippen LogP contribution in [0.4, 0.5) is 11.4 Å². The summed E-state index contributed by atoms with van der Waals surface area (Å²) in [7, 11) is -3.53. The fraction of sp³-hybridized carbons (Fsp3) is 0. The monoisotopic (exact) mass is 302 g/mol. The van der Waals surface area contributed by atoms with Gasteiger partial charge in [-0.1, -0.05) is 12.6 Å². The third kappa shape index (κ3) is 3.49. The van der Waals surface area contributed by atoms with E-state index in [1.165, 1.54) is 12.1 Å². The van der Waals surface area contributed by atoms with Crippen LogP contribution in [0.1, 0.15) is 10.4 Å². The van der Waals surface area contributed by atoms with Crippen LogP contribution in [0.3, 0.4) is 0 Å². The molecule has 0 fully saturated rings. The smallest absolute Gasteiger partial charge is 0.255 e. The van der Waals surface area contributed by atoms with Gasteiger partial charge in [-0.2, -0.15) is 0 Å². The van der Waals surface area contributed by atoms with E-state index < -0.39 is 9.84 Å². The van der Waals surface area contributed by atoms with E-state index in [9.17, 15) is 13.2 Å². The molecule has 108 valence electrons. The molecule has 1 amide bonds. The van der Waals surface area contributed by atoms with Crippen molar-refractivity contribution in [3.63, 3.8) is 0 Å². The number of carbonyl (C=O) groups excluding carboxylic acids is 1. The Balaban J connectivity index is 2.24. The van der Waals surface area contributed by atoms with Crippen molar-refractivity contribution in [2.45, 2.75) is 4.90 Å². The third-order valence-corrected chi connectivity index (χ3v) is 4.16. The van der Waals surface area contributed by atoms with Gasteiger partial charge in [0.25, 0.3) is 5.91 Å². The molecule has 0 unspecified atom stereocenters. The number of carbonyl (C=O) groups is 1. The lowest BCUT2D eigenvalue weighted by molar-refractivity contribution is 0.102. The summed E-state index contributed by atoms with van der Waals surface area (Å²) in [5.41, 5.74) is 6.94. The Morgan fingerprint density at radius 1 is 1.14 bits per heavy atom. The van der Waals surface area contributed by atoms with Crippen molar-refractivity contribution >= 4 is 27.1 Å². The van der Waals surface area contributed by atoms with Gasteiger partial charge in [0, 0.05) is 22.3 Å². The van der Waals surface area contributed by atoms with E-state index in [2.05, 4.69) is 11.9 Å². The second kappa shape index (κ2) is 5.80. The van der Waals surface area contributed by atoms with Crippen LogP contribution in [-0.4, -0.2) is 14.3 Å². The predicted molar refractivity (Wildman–Crippen MR) is 82.6 cm³/mol. The van der Waals surface area contributed by atoms with Crippen LogP contribution in [0.2, 0.25) is 0 Å². The van der Waals surface area contributed by atoms with E-state index in [0.717, 1.165) is 5.41 Å². The van der Waals surface area contributed by atoms with Crippen LogP contribution in [0.15, 0.2) is 65.4 Å². The van der Waals surface area contributed by atoms with Gasteiger partial charge >= 0.3 is 0 Å². The van der Waals surface area contributed by atoms with Crippen LogP contribution in [-0.2, 0) is 9.84 Å². The van der Waals surface area contributed by atoms with Gasteiger partial charge in [-0.05, 0) is 42.5 Å². The molecule has 2 rings (SSSR count). The summed E-state index contributed by atoms with van der Waals surface area (Å²) >= 11 is 0. The first-order valence-corrected chi connectivity index (χ1v) is 7.61. The summed E-state index contributed by atoms with van der Waals surface area (Å²) < 4.78 is 23.4. The van der Waals surface area contributed by atoms with Crippen LogP contribution in [0.5, 0.6) is 0 Å². The summed E-state index contributed by atoms with van der Waals surface area (Å²) in [6.07, 6.45) is 0. The Bertz CT molecular complexity index is 781. The number of sulfone groups is 1. The largest absolute Gasteiger partial charge is 0.399 e. The lowest BCUT2D eigenvalue weighted by Gasteiger charge is -2.07. The van der Waals surface area contributed by atoms with Crippen molar-refractivity contribution in [1.82, 2.24) is 0 Å². The van der Waals surface area contributed by atoms with Gasteiger partial charge < -0.3 is 11.1 Å². The summed E-state index contributed by atoms with van der Waals surface area (Å²) in [4.78, 5) is 12.1. The van der Waals surface area contributed by atoms with Crippen molar-refractivity contribution in [3.05, 3.63) is 66.1 Å². The first-order valence-electron chi connectivity index (χ1n) is 6.07. The molecule has 21 heavy (non-hydrogen) atoms. The van der Waals surface area contributed by atoms with E-state index >= 15 is 0 Å². The highest BCUT2D eigenvalue weighted by molar-refractivity contribution is 7.94. The molecule has 0 heterocycles. The molecule has 2 aromatic rings. The highest BCUT2D eigenvalue weighted by atomic mass is 32.2. The highest BCUT2D eigenvalue weighted by Gasteiger charge is 2.11. The molecule has 0 saturated heterocycles. The molecule has 0 bridgehead atoms. The van der Waals surface area contributed by atoms with Gasteiger partial charge in [-0.25, -0.2) is 8.42 Å². The van der Waals surface area contributed by atoms with Crippen LogP contribution in [0.25, 0.3) is 0 Å². The zero-order valence-electron chi connectivity index (χ0n) is 11.1. The Morgan fingerprint density at radius 2 is 1.81 bits per heavy atom. The number of nitrogens with one attached hydrogen (secondary N) is 1. The molecule has 0 radical (unpaired) electrons. The van der Waals surface area contributed by atoms with Crippen LogP contribution < -0.4 is 11.1 Å². The molecule has 0 aliphatic heterocycles. The third-order valence-electron chi connectivity index (χ3n) is 2.81. The molecular weight excluding hydrogens is 288 g/mol. The van der Waals surface area contributed by atoms with Gasteiger partial charge in [-0.15, -0.1) is 0 Å². The predicted octanol–water partition coefficient (Wildman–Crippen LogP) is 2.44. The number of nitrogens with two attached hydrogens (primary N) is 1. The van der Waals surface area contributed by atoms with Gasteiger partial charge in [0.2, 0.25) is 0 Å². The minimum atomic E-state index is -3.53. The van der Waals surface area contributed by atoms with Crippen molar-refractivity contribution in [2.24, 2.45) is 0 Å². The summed E-state index contributed by atoms with van der Waals surface area (Å²) in [6.45, 7) is 3.27. The first-order chi connectivity index (χ1) is 9.92. The number of rotatable bonds is 4. The van der Waals surface area contributed by atoms with E-state index in [1.807, 2.05) is 0 Å². The van der Waals surface area contributed by atoms with Gasteiger partial charge in [0.15, 0.2) is 9.84 Å². The maximum absolute atomic E-state index is 12.0. The minimum absolute atomic E-state index is 0.0765. The maximum Gasteiger partial charge on any atom is 0.255 e.